The predicted molar refractivity (Wildman–Crippen MR) is 49.4 cm³/mol. The van der Waals surface area contributed by atoms with E-state index in [1.165, 1.54) is 25.7 Å². The van der Waals surface area contributed by atoms with Crippen LogP contribution in [0.1, 0.15) is 46.5 Å². The molecule has 3 unspecified atom stereocenters. The van der Waals surface area contributed by atoms with Crippen LogP contribution >= 0.6 is 0 Å². The number of hydrogen-bond acceptors (Lipinski definition) is 1. The molecule has 0 saturated heterocycles. The molecule has 0 aromatic carbocycles. The van der Waals surface area contributed by atoms with E-state index in [-0.39, 0.29) is 5.54 Å². The Morgan fingerprint density at radius 3 is 2.64 bits per heavy atom. The van der Waals surface area contributed by atoms with Crippen molar-refractivity contribution in [2.75, 3.05) is 0 Å². The van der Waals surface area contributed by atoms with Crippen LogP contribution in [0.25, 0.3) is 0 Å². The third-order valence-corrected chi connectivity index (χ3v) is 3.42. The van der Waals surface area contributed by atoms with E-state index < -0.39 is 0 Å². The molecule has 3 atom stereocenters. The number of rotatable bonds is 2. The topological polar surface area (TPSA) is 26.0 Å². The maximum absolute atomic E-state index is 6.30. The van der Waals surface area contributed by atoms with Gasteiger partial charge in [-0.25, -0.2) is 0 Å². The molecule has 0 amide bonds. The standard InChI is InChI=1S/C10H21N/c1-4-9(3)10(11)6-5-8(2)7-10/h8-9H,4-7,11H2,1-3H3. The van der Waals surface area contributed by atoms with Crippen molar-refractivity contribution in [3.63, 3.8) is 0 Å². The van der Waals surface area contributed by atoms with Crippen LogP contribution in [0.15, 0.2) is 0 Å². The molecule has 66 valence electrons. The Hall–Kier alpha value is -0.0400. The second-order valence-corrected chi connectivity index (χ2v) is 4.39. The normalized spacial score (nSPS) is 40.9. The summed E-state index contributed by atoms with van der Waals surface area (Å²) in [4.78, 5) is 0. The first kappa shape index (κ1) is 9.05. The molecule has 1 nitrogen and oxygen atoms in total. The molecule has 0 radical (unpaired) electrons. The highest BCUT2D eigenvalue weighted by Gasteiger charge is 2.37. The maximum Gasteiger partial charge on any atom is 0.0182 e. The lowest BCUT2D eigenvalue weighted by Crippen LogP contribution is -2.43. The Bertz CT molecular complexity index is 133. The van der Waals surface area contributed by atoms with E-state index in [1.54, 1.807) is 0 Å². The monoisotopic (exact) mass is 155 g/mol. The fraction of sp³-hybridized carbons (Fsp3) is 1.00. The van der Waals surface area contributed by atoms with E-state index in [4.69, 9.17) is 5.73 Å². The van der Waals surface area contributed by atoms with Gasteiger partial charge in [-0.05, 0) is 31.1 Å². The van der Waals surface area contributed by atoms with E-state index in [9.17, 15) is 0 Å². The summed E-state index contributed by atoms with van der Waals surface area (Å²) in [6.45, 7) is 6.84. The summed E-state index contributed by atoms with van der Waals surface area (Å²) in [7, 11) is 0. The van der Waals surface area contributed by atoms with E-state index in [0.29, 0.717) is 5.92 Å². The summed E-state index contributed by atoms with van der Waals surface area (Å²) in [5.41, 5.74) is 6.48. The van der Waals surface area contributed by atoms with Crippen LogP contribution in [0.3, 0.4) is 0 Å². The molecule has 0 aromatic heterocycles. The van der Waals surface area contributed by atoms with Crippen LogP contribution in [0.2, 0.25) is 0 Å². The van der Waals surface area contributed by atoms with Crippen molar-refractivity contribution >= 4 is 0 Å². The van der Waals surface area contributed by atoms with Gasteiger partial charge in [0.05, 0.1) is 0 Å². The molecule has 0 aromatic rings. The second-order valence-electron chi connectivity index (χ2n) is 4.39. The van der Waals surface area contributed by atoms with Crippen molar-refractivity contribution in [3.05, 3.63) is 0 Å². The molecule has 1 aliphatic carbocycles. The molecule has 0 heterocycles. The average molecular weight is 155 g/mol. The van der Waals surface area contributed by atoms with Gasteiger partial charge >= 0.3 is 0 Å². The van der Waals surface area contributed by atoms with Crippen LogP contribution < -0.4 is 5.73 Å². The molecule has 1 heteroatoms. The highest BCUT2D eigenvalue weighted by molar-refractivity contribution is 4.95. The molecule has 2 N–H and O–H groups in total. The van der Waals surface area contributed by atoms with Gasteiger partial charge in [0.1, 0.15) is 0 Å². The molecule has 1 fully saturated rings. The minimum absolute atomic E-state index is 0.175. The molecular formula is C10H21N. The molecule has 1 aliphatic rings. The largest absolute Gasteiger partial charge is 0.325 e. The average Bonchev–Trinajstić information content (AvgIpc) is 2.31. The van der Waals surface area contributed by atoms with Gasteiger partial charge in [0.25, 0.3) is 0 Å². The summed E-state index contributed by atoms with van der Waals surface area (Å²) >= 11 is 0. The summed E-state index contributed by atoms with van der Waals surface area (Å²) in [5.74, 6) is 1.56. The van der Waals surface area contributed by atoms with Gasteiger partial charge in [-0.15, -0.1) is 0 Å². The fourth-order valence-electron chi connectivity index (χ4n) is 2.22. The molecule has 1 saturated carbocycles. The Labute approximate surface area is 70.4 Å². The van der Waals surface area contributed by atoms with E-state index >= 15 is 0 Å². The van der Waals surface area contributed by atoms with E-state index in [2.05, 4.69) is 20.8 Å². The van der Waals surface area contributed by atoms with Crippen molar-refractivity contribution in [1.29, 1.82) is 0 Å². The second kappa shape index (κ2) is 3.14. The first-order valence-corrected chi connectivity index (χ1v) is 4.87. The minimum Gasteiger partial charge on any atom is -0.325 e. The van der Waals surface area contributed by atoms with Crippen molar-refractivity contribution in [1.82, 2.24) is 0 Å². The molecule has 11 heavy (non-hydrogen) atoms. The molecule has 0 bridgehead atoms. The smallest absolute Gasteiger partial charge is 0.0182 e. The third kappa shape index (κ3) is 1.76. The van der Waals surface area contributed by atoms with Gasteiger partial charge in [-0.3, -0.25) is 0 Å². The van der Waals surface area contributed by atoms with Crippen LogP contribution in [-0.2, 0) is 0 Å². The van der Waals surface area contributed by atoms with Crippen LogP contribution in [0, 0.1) is 11.8 Å². The zero-order valence-corrected chi connectivity index (χ0v) is 8.06. The zero-order chi connectivity index (χ0) is 8.48. The first-order chi connectivity index (χ1) is 5.08. The fourth-order valence-corrected chi connectivity index (χ4v) is 2.22. The van der Waals surface area contributed by atoms with E-state index in [1.807, 2.05) is 0 Å². The summed E-state index contributed by atoms with van der Waals surface area (Å²) in [6, 6.07) is 0. The summed E-state index contributed by atoms with van der Waals surface area (Å²) < 4.78 is 0. The quantitative estimate of drug-likeness (QED) is 0.651. The van der Waals surface area contributed by atoms with Gasteiger partial charge in [0, 0.05) is 5.54 Å². The summed E-state index contributed by atoms with van der Waals surface area (Å²) in [5, 5.41) is 0. The van der Waals surface area contributed by atoms with Gasteiger partial charge in [0.2, 0.25) is 0 Å². The maximum atomic E-state index is 6.30. The third-order valence-electron chi connectivity index (χ3n) is 3.42. The lowest BCUT2D eigenvalue weighted by molar-refractivity contribution is 0.281. The van der Waals surface area contributed by atoms with Crippen LogP contribution in [0.4, 0.5) is 0 Å². The Balaban J connectivity index is 2.54. The lowest BCUT2D eigenvalue weighted by atomic mass is 9.82. The Kier molecular flexibility index (Phi) is 2.58. The SMILES string of the molecule is CCC(C)C1(N)CCC(C)C1. The highest BCUT2D eigenvalue weighted by Crippen LogP contribution is 2.38. The molecular weight excluding hydrogens is 134 g/mol. The van der Waals surface area contributed by atoms with Crippen LogP contribution in [0.5, 0.6) is 0 Å². The zero-order valence-electron chi connectivity index (χ0n) is 8.06. The minimum atomic E-state index is 0.175. The number of hydrogen-bond donors (Lipinski definition) is 1. The number of nitrogens with two attached hydrogens (primary N) is 1. The first-order valence-electron chi connectivity index (χ1n) is 4.87. The molecule has 0 spiro atoms. The van der Waals surface area contributed by atoms with Crippen LogP contribution in [-0.4, -0.2) is 5.54 Å². The Morgan fingerprint density at radius 2 is 2.27 bits per heavy atom. The van der Waals surface area contributed by atoms with E-state index in [0.717, 1.165) is 5.92 Å². The molecule has 1 rings (SSSR count). The predicted octanol–water partition coefficient (Wildman–Crippen LogP) is 2.55. The van der Waals surface area contributed by atoms with Gasteiger partial charge in [-0.1, -0.05) is 27.2 Å². The van der Waals surface area contributed by atoms with Crippen molar-refractivity contribution in [2.24, 2.45) is 17.6 Å². The van der Waals surface area contributed by atoms with Crippen molar-refractivity contribution in [2.45, 2.75) is 52.0 Å². The highest BCUT2D eigenvalue weighted by atomic mass is 14.8. The summed E-state index contributed by atoms with van der Waals surface area (Å²) in [6.07, 6.45) is 5.04. The Morgan fingerprint density at radius 1 is 1.64 bits per heavy atom. The lowest BCUT2D eigenvalue weighted by Gasteiger charge is -2.30. The van der Waals surface area contributed by atoms with Gasteiger partial charge in [-0.2, -0.15) is 0 Å². The van der Waals surface area contributed by atoms with Crippen molar-refractivity contribution in [3.8, 4) is 0 Å². The molecule has 0 aliphatic heterocycles. The van der Waals surface area contributed by atoms with Gasteiger partial charge in [0.15, 0.2) is 0 Å². The van der Waals surface area contributed by atoms with Crippen molar-refractivity contribution < 1.29 is 0 Å². The van der Waals surface area contributed by atoms with Gasteiger partial charge < -0.3 is 5.73 Å².